The second kappa shape index (κ2) is 5.78. The zero-order valence-corrected chi connectivity index (χ0v) is 11.3. The molecule has 0 unspecified atom stereocenters. The zero-order valence-electron chi connectivity index (χ0n) is 12.3. The number of hydrogen-bond donors (Lipinski definition) is 1. The van der Waals surface area contributed by atoms with Crippen molar-refractivity contribution in [3.63, 3.8) is 0 Å². The normalized spacial score (nSPS) is 15.0. The molecule has 1 aliphatic heterocycles. The number of anilines is 2. The molecule has 0 aliphatic carbocycles. The van der Waals surface area contributed by atoms with Gasteiger partial charge >= 0.3 is 0 Å². The first-order chi connectivity index (χ1) is 10.2. The third kappa shape index (κ3) is 2.82. The van der Waals surface area contributed by atoms with Gasteiger partial charge < -0.3 is 10.2 Å². The molecule has 0 atom stereocenters. The van der Waals surface area contributed by atoms with E-state index < -0.39 is 0 Å². The fraction of sp³-hybridized carbons (Fsp3) is 0.235. The van der Waals surface area contributed by atoms with Crippen LogP contribution in [-0.4, -0.2) is 19.0 Å². The summed E-state index contributed by atoms with van der Waals surface area (Å²) in [6.07, 6.45) is 2.48. The Bertz CT molecular complexity index is 633. The van der Waals surface area contributed by atoms with Crippen LogP contribution in [0.4, 0.5) is 11.4 Å². The lowest BCUT2D eigenvalue weighted by atomic mass is 10.2. The standard InChI is InChI=1S/C17H18N2O/c20-17(18-15-6-2-1-3-7-15)14-8-10-16(11-9-14)19-12-4-5-13-19/h1-3,6-11H,4-5,12-13H2,(H,18,20)/i6T. The van der Waals surface area contributed by atoms with Crippen molar-refractivity contribution >= 4 is 17.3 Å². The molecule has 1 N–H and O–H groups in total. The van der Waals surface area contributed by atoms with E-state index in [-0.39, 0.29) is 5.91 Å². The Morgan fingerprint density at radius 1 is 1.05 bits per heavy atom. The van der Waals surface area contributed by atoms with Gasteiger partial charge in [0, 0.05) is 30.0 Å². The van der Waals surface area contributed by atoms with Crippen molar-refractivity contribution in [2.45, 2.75) is 12.8 Å². The van der Waals surface area contributed by atoms with Crippen molar-refractivity contribution in [2.24, 2.45) is 0 Å². The fourth-order valence-corrected chi connectivity index (χ4v) is 2.46. The highest BCUT2D eigenvalue weighted by molar-refractivity contribution is 6.04. The molecular weight excluding hydrogens is 248 g/mol. The third-order valence-electron chi connectivity index (χ3n) is 3.56. The van der Waals surface area contributed by atoms with Crippen LogP contribution in [0.3, 0.4) is 0 Å². The molecule has 0 spiro atoms. The van der Waals surface area contributed by atoms with Gasteiger partial charge in [-0.3, -0.25) is 4.79 Å². The van der Waals surface area contributed by atoms with Crippen molar-refractivity contribution in [2.75, 3.05) is 23.3 Å². The minimum atomic E-state index is -0.178. The number of nitrogens with one attached hydrogen (secondary N) is 1. The smallest absolute Gasteiger partial charge is 0.255 e. The monoisotopic (exact) mass is 268 g/mol. The number of benzene rings is 2. The van der Waals surface area contributed by atoms with Crippen LogP contribution in [0.5, 0.6) is 0 Å². The zero-order chi connectivity index (χ0) is 14.7. The van der Waals surface area contributed by atoms with Crippen LogP contribution in [0, 0.1) is 0 Å². The lowest BCUT2D eigenvalue weighted by Gasteiger charge is -2.17. The van der Waals surface area contributed by atoms with Gasteiger partial charge in [-0.1, -0.05) is 18.2 Å². The summed E-state index contributed by atoms with van der Waals surface area (Å²) < 4.78 is 7.75. The molecule has 1 heterocycles. The number of amides is 1. The van der Waals surface area contributed by atoms with Gasteiger partial charge in [0.1, 0.15) is 0 Å². The van der Waals surface area contributed by atoms with Crippen LogP contribution in [0.2, 0.25) is 0 Å². The second-order valence-corrected chi connectivity index (χ2v) is 4.97. The van der Waals surface area contributed by atoms with E-state index in [9.17, 15) is 4.79 Å². The SMILES string of the molecule is [3H]c1ccccc1NC(=O)c1ccc(N2CCCC2)cc1. The molecule has 2 aromatic carbocycles. The summed E-state index contributed by atoms with van der Waals surface area (Å²) in [5.41, 5.74) is 2.32. The molecular formula is C17H18N2O. The third-order valence-corrected chi connectivity index (χ3v) is 3.56. The molecule has 0 saturated carbocycles. The van der Waals surface area contributed by atoms with E-state index in [2.05, 4.69) is 10.2 Å². The van der Waals surface area contributed by atoms with E-state index in [1.54, 1.807) is 18.2 Å². The van der Waals surface area contributed by atoms with Gasteiger partial charge in [-0.2, -0.15) is 0 Å². The average Bonchev–Trinajstić information content (AvgIpc) is 3.04. The Hall–Kier alpha value is -2.29. The number of rotatable bonds is 3. The Morgan fingerprint density at radius 2 is 1.80 bits per heavy atom. The number of nitrogens with zero attached hydrogens (tertiary/aromatic N) is 1. The quantitative estimate of drug-likeness (QED) is 0.923. The molecule has 3 nitrogen and oxygen atoms in total. The van der Waals surface area contributed by atoms with Crippen molar-refractivity contribution in [1.82, 2.24) is 0 Å². The van der Waals surface area contributed by atoms with Gasteiger partial charge in [0.25, 0.3) is 5.91 Å². The van der Waals surface area contributed by atoms with Crippen molar-refractivity contribution in [1.29, 1.82) is 0 Å². The van der Waals surface area contributed by atoms with Crippen molar-refractivity contribution in [3.05, 3.63) is 60.1 Å². The maximum Gasteiger partial charge on any atom is 0.255 e. The summed E-state index contributed by atoms with van der Waals surface area (Å²) in [7, 11) is 0. The van der Waals surface area contributed by atoms with Crippen molar-refractivity contribution in [3.8, 4) is 0 Å². The first-order valence-corrected chi connectivity index (χ1v) is 6.96. The topological polar surface area (TPSA) is 32.3 Å². The number of carbonyl (C=O) groups excluding carboxylic acids is 1. The number of para-hydroxylation sites is 1. The molecule has 0 bridgehead atoms. The van der Waals surface area contributed by atoms with Crippen LogP contribution in [-0.2, 0) is 0 Å². The summed E-state index contributed by atoms with van der Waals surface area (Å²) in [5, 5.41) is 2.78. The first kappa shape index (κ1) is 11.5. The summed E-state index contributed by atoms with van der Waals surface area (Å²) in [6, 6.07) is 15.0. The van der Waals surface area contributed by atoms with Gasteiger partial charge in [-0.05, 0) is 49.2 Å². The van der Waals surface area contributed by atoms with E-state index >= 15 is 0 Å². The highest BCUT2D eigenvalue weighted by Crippen LogP contribution is 2.20. The molecule has 0 aromatic heterocycles. The maximum atomic E-state index is 12.2. The molecule has 1 aliphatic rings. The Labute approximate surface area is 120 Å². The summed E-state index contributed by atoms with van der Waals surface area (Å²) in [4.78, 5) is 14.5. The molecule has 1 saturated heterocycles. The van der Waals surface area contributed by atoms with Gasteiger partial charge in [0.15, 0.2) is 0 Å². The number of hydrogen-bond acceptors (Lipinski definition) is 2. The highest BCUT2D eigenvalue weighted by atomic mass is 16.1. The molecule has 3 rings (SSSR count). The molecule has 20 heavy (non-hydrogen) atoms. The lowest BCUT2D eigenvalue weighted by molar-refractivity contribution is 0.102. The molecule has 1 fully saturated rings. The Balaban J connectivity index is 1.71. The molecule has 1 amide bonds. The van der Waals surface area contributed by atoms with Crippen LogP contribution in [0.15, 0.2) is 54.6 Å². The van der Waals surface area contributed by atoms with E-state index in [1.807, 2.05) is 30.3 Å². The number of carbonyl (C=O) groups is 1. The summed E-state index contributed by atoms with van der Waals surface area (Å²) >= 11 is 0. The average molecular weight is 268 g/mol. The van der Waals surface area contributed by atoms with Gasteiger partial charge in [-0.15, -0.1) is 0 Å². The van der Waals surface area contributed by atoms with Gasteiger partial charge in [0.05, 0.1) is 1.37 Å². The van der Waals surface area contributed by atoms with Gasteiger partial charge in [0.2, 0.25) is 0 Å². The van der Waals surface area contributed by atoms with Crippen LogP contribution >= 0.6 is 0 Å². The highest BCUT2D eigenvalue weighted by Gasteiger charge is 2.13. The minimum Gasteiger partial charge on any atom is -0.372 e. The van der Waals surface area contributed by atoms with E-state index in [1.165, 1.54) is 18.5 Å². The van der Waals surface area contributed by atoms with Crippen molar-refractivity contribution < 1.29 is 6.17 Å². The minimum absolute atomic E-state index is 0.178. The molecule has 0 radical (unpaired) electrons. The maximum absolute atomic E-state index is 12.2. The van der Waals surface area contributed by atoms with Gasteiger partial charge in [-0.25, -0.2) is 0 Å². The lowest BCUT2D eigenvalue weighted by Crippen LogP contribution is -2.18. The molecule has 3 heteroatoms. The van der Waals surface area contributed by atoms with E-state index in [0.717, 1.165) is 13.1 Å². The van der Waals surface area contributed by atoms with E-state index in [0.29, 0.717) is 17.3 Å². The largest absolute Gasteiger partial charge is 0.372 e. The second-order valence-electron chi connectivity index (χ2n) is 4.97. The van der Waals surface area contributed by atoms with E-state index in [4.69, 9.17) is 1.37 Å². The predicted molar refractivity (Wildman–Crippen MR) is 82.3 cm³/mol. The first-order valence-electron chi connectivity index (χ1n) is 7.46. The summed E-state index contributed by atoms with van der Waals surface area (Å²) in [6.45, 7) is 2.19. The Kier molecular flexibility index (Phi) is 3.33. The van der Waals surface area contributed by atoms with Crippen LogP contribution < -0.4 is 10.2 Å². The summed E-state index contributed by atoms with van der Waals surface area (Å²) in [5.74, 6) is -0.178. The molecule has 2 aromatic rings. The predicted octanol–water partition coefficient (Wildman–Crippen LogP) is 3.54. The molecule has 102 valence electrons. The van der Waals surface area contributed by atoms with Crippen LogP contribution in [0.25, 0.3) is 0 Å². The fourth-order valence-electron chi connectivity index (χ4n) is 2.46. The Morgan fingerprint density at radius 3 is 2.50 bits per heavy atom. The van der Waals surface area contributed by atoms with Crippen LogP contribution in [0.1, 0.15) is 24.6 Å².